The van der Waals surface area contributed by atoms with E-state index in [1.54, 1.807) is 23.1 Å². The predicted molar refractivity (Wildman–Crippen MR) is 73.6 cm³/mol. The molecular formula is C15H19NO3. The number of carbonyl (C=O) groups excluding carboxylic acids is 1. The van der Waals surface area contributed by atoms with Gasteiger partial charge in [-0.2, -0.15) is 0 Å². The minimum atomic E-state index is -0.919. The Morgan fingerprint density at radius 1 is 1.32 bits per heavy atom. The highest BCUT2D eigenvalue weighted by Gasteiger charge is 2.24. The van der Waals surface area contributed by atoms with Gasteiger partial charge in [-0.15, -0.1) is 0 Å². The second-order valence-electron chi connectivity index (χ2n) is 4.90. The molecule has 4 heteroatoms. The van der Waals surface area contributed by atoms with Crippen LogP contribution in [0.4, 0.5) is 5.69 Å². The number of aryl methyl sites for hydroxylation is 1. The summed E-state index contributed by atoms with van der Waals surface area (Å²) in [5.74, 6) is -0.774. The first kappa shape index (κ1) is 13.6. The van der Waals surface area contributed by atoms with Gasteiger partial charge in [0.1, 0.15) is 0 Å². The molecule has 0 atom stereocenters. The largest absolute Gasteiger partial charge is 0.478 e. The van der Waals surface area contributed by atoms with Gasteiger partial charge in [0.25, 0.3) is 0 Å². The number of anilines is 1. The molecule has 1 N–H and O–H groups in total. The van der Waals surface area contributed by atoms with Gasteiger partial charge in [-0.3, -0.25) is 4.79 Å². The number of nitrogens with zero attached hydrogens (tertiary/aromatic N) is 1. The number of rotatable bonds is 5. The van der Waals surface area contributed by atoms with Crippen molar-refractivity contribution in [2.45, 2.75) is 39.0 Å². The summed E-state index contributed by atoms with van der Waals surface area (Å²) in [4.78, 5) is 24.7. The molecule has 0 aromatic heterocycles. The number of fused-ring (bicyclic) bond motifs is 1. The van der Waals surface area contributed by atoms with Crippen LogP contribution in [0.5, 0.6) is 0 Å². The molecule has 4 nitrogen and oxygen atoms in total. The molecule has 0 unspecified atom stereocenters. The lowest BCUT2D eigenvalue weighted by Gasteiger charge is -2.29. The van der Waals surface area contributed by atoms with Crippen LogP contribution in [0.1, 0.15) is 48.5 Å². The van der Waals surface area contributed by atoms with Gasteiger partial charge in [0.05, 0.1) is 5.56 Å². The van der Waals surface area contributed by atoms with Gasteiger partial charge >= 0.3 is 5.97 Å². The van der Waals surface area contributed by atoms with Crippen molar-refractivity contribution in [3.05, 3.63) is 29.3 Å². The van der Waals surface area contributed by atoms with Crippen LogP contribution in [-0.2, 0) is 11.2 Å². The summed E-state index contributed by atoms with van der Waals surface area (Å²) in [5, 5.41) is 9.00. The van der Waals surface area contributed by atoms with Gasteiger partial charge in [-0.05, 0) is 36.6 Å². The van der Waals surface area contributed by atoms with Crippen LogP contribution in [0.25, 0.3) is 0 Å². The fraction of sp³-hybridized carbons (Fsp3) is 0.467. The topological polar surface area (TPSA) is 57.6 Å². The number of carbonyl (C=O) groups is 2. The zero-order chi connectivity index (χ0) is 13.8. The van der Waals surface area contributed by atoms with Crippen LogP contribution >= 0.6 is 0 Å². The third-order valence-electron chi connectivity index (χ3n) is 3.51. The fourth-order valence-electron chi connectivity index (χ4n) is 2.46. The molecular weight excluding hydrogens is 242 g/mol. The monoisotopic (exact) mass is 261 g/mol. The molecule has 1 aliphatic rings. The van der Waals surface area contributed by atoms with Gasteiger partial charge in [-0.1, -0.05) is 19.8 Å². The highest BCUT2D eigenvalue weighted by Crippen LogP contribution is 2.29. The maximum Gasteiger partial charge on any atom is 0.335 e. The van der Waals surface area contributed by atoms with Crippen LogP contribution in [0.2, 0.25) is 0 Å². The van der Waals surface area contributed by atoms with Crippen molar-refractivity contribution in [1.29, 1.82) is 0 Å². The summed E-state index contributed by atoms with van der Waals surface area (Å²) in [7, 11) is 0. The van der Waals surface area contributed by atoms with Crippen LogP contribution < -0.4 is 4.90 Å². The minimum absolute atomic E-state index is 0.145. The predicted octanol–water partition coefficient (Wildman–Crippen LogP) is 2.85. The number of hydrogen-bond donors (Lipinski definition) is 1. The smallest absolute Gasteiger partial charge is 0.335 e. The molecule has 0 bridgehead atoms. The van der Waals surface area contributed by atoms with Gasteiger partial charge in [0, 0.05) is 18.7 Å². The SMILES string of the molecule is CCCCCN1C(=O)CCc2cc(C(=O)O)ccc21. The number of aromatic carboxylic acids is 1. The van der Waals surface area contributed by atoms with Gasteiger partial charge in [-0.25, -0.2) is 4.79 Å². The summed E-state index contributed by atoms with van der Waals surface area (Å²) < 4.78 is 0. The number of carboxylic acids is 1. The molecule has 1 heterocycles. The van der Waals surface area contributed by atoms with Crippen LogP contribution in [0.3, 0.4) is 0 Å². The Morgan fingerprint density at radius 2 is 2.11 bits per heavy atom. The Kier molecular flexibility index (Phi) is 4.20. The average molecular weight is 261 g/mol. The van der Waals surface area contributed by atoms with Gasteiger partial charge in [0.2, 0.25) is 5.91 Å². The summed E-state index contributed by atoms with van der Waals surface area (Å²) in [6.45, 7) is 2.86. The first-order valence-electron chi connectivity index (χ1n) is 6.80. The van der Waals surface area contributed by atoms with E-state index in [9.17, 15) is 9.59 Å². The van der Waals surface area contributed by atoms with Crippen molar-refractivity contribution >= 4 is 17.6 Å². The molecule has 0 radical (unpaired) electrons. The highest BCUT2D eigenvalue weighted by molar-refractivity contribution is 5.97. The summed E-state index contributed by atoms with van der Waals surface area (Å²) in [5.41, 5.74) is 2.15. The van der Waals surface area contributed by atoms with E-state index in [0.29, 0.717) is 18.4 Å². The Morgan fingerprint density at radius 3 is 2.79 bits per heavy atom. The number of benzene rings is 1. The quantitative estimate of drug-likeness (QED) is 0.829. The van der Waals surface area contributed by atoms with Crippen LogP contribution in [-0.4, -0.2) is 23.5 Å². The summed E-state index contributed by atoms with van der Waals surface area (Å²) >= 11 is 0. The summed E-state index contributed by atoms with van der Waals surface area (Å²) in [6, 6.07) is 5.03. The number of unbranched alkanes of at least 4 members (excludes halogenated alkanes) is 2. The standard InChI is InChI=1S/C15H19NO3/c1-2-3-4-9-16-13-7-5-12(15(18)19)10-11(13)6-8-14(16)17/h5,7,10H,2-4,6,8-9H2,1H3,(H,18,19). The minimum Gasteiger partial charge on any atom is -0.478 e. The van der Waals surface area contributed by atoms with Crippen molar-refractivity contribution in [1.82, 2.24) is 0 Å². The molecule has 1 aromatic rings. The van der Waals surface area contributed by atoms with E-state index < -0.39 is 5.97 Å². The maximum atomic E-state index is 12.0. The van der Waals surface area contributed by atoms with Crippen molar-refractivity contribution in [3.63, 3.8) is 0 Å². The first-order chi connectivity index (χ1) is 9.13. The molecule has 2 rings (SSSR count). The van der Waals surface area contributed by atoms with E-state index in [1.165, 1.54) is 0 Å². The maximum absolute atomic E-state index is 12.0. The average Bonchev–Trinajstić information content (AvgIpc) is 2.40. The van der Waals surface area contributed by atoms with E-state index in [1.807, 2.05) is 0 Å². The van der Waals surface area contributed by atoms with E-state index in [2.05, 4.69) is 6.92 Å². The second kappa shape index (κ2) is 5.87. The van der Waals surface area contributed by atoms with E-state index in [4.69, 9.17) is 5.11 Å². The number of carboxylic acid groups (broad SMARTS) is 1. The highest BCUT2D eigenvalue weighted by atomic mass is 16.4. The lowest BCUT2D eigenvalue weighted by atomic mass is 9.98. The molecule has 1 amide bonds. The first-order valence-corrected chi connectivity index (χ1v) is 6.80. The Labute approximate surface area is 113 Å². The molecule has 0 fully saturated rings. The molecule has 0 aliphatic carbocycles. The zero-order valence-corrected chi connectivity index (χ0v) is 11.2. The normalized spacial score (nSPS) is 14.4. The number of amides is 1. The molecule has 1 aliphatic heterocycles. The van der Waals surface area contributed by atoms with Gasteiger partial charge in [0.15, 0.2) is 0 Å². The zero-order valence-electron chi connectivity index (χ0n) is 11.2. The second-order valence-corrected chi connectivity index (χ2v) is 4.90. The third kappa shape index (κ3) is 2.95. The Hall–Kier alpha value is -1.84. The van der Waals surface area contributed by atoms with Crippen molar-refractivity contribution in [2.75, 3.05) is 11.4 Å². The Balaban J connectivity index is 2.23. The van der Waals surface area contributed by atoms with Crippen LogP contribution in [0, 0.1) is 0 Å². The lowest BCUT2D eigenvalue weighted by Crippen LogP contribution is -2.36. The van der Waals surface area contributed by atoms with Crippen molar-refractivity contribution < 1.29 is 14.7 Å². The molecule has 0 saturated heterocycles. The molecule has 102 valence electrons. The molecule has 0 spiro atoms. The van der Waals surface area contributed by atoms with Crippen molar-refractivity contribution in [3.8, 4) is 0 Å². The van der Waals surface area contributed by atoms with Gasteiger partial charge < -0.3 is 10.0 Å². The van der Waals surface area contributed by atoms with E-state index in [0.717, 1.165) is 37.1 Å². The fourth-order valence-corrected chi connectivity index (χ4v) is 2.46. The lowest BCUT2D eigenvalue weighted by molar-refractivity contribution is -0.118. The summed E-state index contributed by atoms with van der Waals surface area (Å²) in [6.07, 6.45) is 4.32. The molecule has 19 heavy (non-hydrogen) atoms. The third-order valence-corrected chi connectivity index (χ3v) is 3.51. The van der Waals surface area contributed by atoms with Crippen molar-refractivity contribution in [2.24, 2.45) is 0 Å². The molecule has 0 saturated carbocycles. The van der Waals surface area contributed by atoms with Crippen LogP contribution in [0.15, 0.2) is 18.2 Å². The van der Waals surface area contributed by atoms with E-state index >= 15 is 0 Å². The van der Waals surface area contributed by atoms with E-state index in [-0.39, 0.29) is 5.91 Å². The Bertz CT molecular complexity index is 496. The molecule has 1 aromatic carbocycles. The number of hydrogen-bond acceptors (Lipinski definition) is 2.